The van der Waals surface area contributed by atoms with Crippen molar-refractivity contribution >= 4 is 17.8 Å². The Hall–Kier alpha value is -1.59. The largest absolute Gasteiger partial charge is 0.354 e. The number of rotatable bonds is 7. The van der Waals surface area contributed by atoms with Gasteiger partial charge in [0.25, 0.3) is 0 Å². The van der Waals surface area contributed by atoms with Crippen molar-refractivity contribution in [2.75, 3.05) is 35.2 Å². The average Bonchev–Trinajstić information content (AvgIpc) is 2.53. The average molecular weight is 292 g/mol. The highest BCUT2D eigenvalue weighted by molar-refractivity contribution is 5.44. The maximum Gasteiger partial charge on any atom is 0.231 e. The Morgan fingerprint density at radius 1 is 1.05 bits per heavy atom. The summed E-state index contributed by atoms with van der Waals surface area (Å²) < 4.78 is 0. The lowest BCUT2D eigenvalue weighted by atomic mass is 10.1. The Morgan fingerprint density at radius 2 is 1.76 bits per heavy atom. The molecule has 0 saturated carbocycles. The fraction of sp³-hybridized carbons (Fsp3) is 0.800. The van der Waals surface area contributed by atoms with Gasteiger partial charge >= 0.3 is 0 Å². The minimum absolute atomic E-state index is 0.362. The van der Waals surface area contributed by atoms with E-state index < -0.39 is 0 Å². The summed E-state index contributed by atoms with van der Waals surface area (Å²) in [5.74, 6) is 2.16. The minimum atomic E-state index is 0.362. The monoisotopic (exact) mass is 292 g/mol. The molecule has 1 saturated heterocycles. The third kappa shape index (κ3) is 4.72. The van der Waals surface area contributed by atoms with Gasteiger partial charge in [0.05, 0.1) is 0 Å². The van der Waals surface area contributed by atoms with Gasteiger partial charge in [-0.2, -0.15) is 15.0 Å². The fourth-order valence-electron chi connectivity index (χ4n) is 2.30. The summed E-state index contributed by atoms with van der Waals surface area (Å²) in [6.45, 7) is 9.40. The molecule has 118 valence electrons. The molecule has 0 aliphatic carbocycles. The summed E-state index contributed by atoms with van der Waals surface area (Å²) in [6.07, 6.45) is 5.84. The molecular formula is C15H28N6. The molecule has 1 aliphatic heterocycles. The van der Waals surface area contributed by atoms with E-state index in [0.717, 1.165) is 38.4 Å². The van der Waals surface area contributed by atoms with Crippen LogP contribution in [0.3, 0.4) is 0 Å². The molecule has 6 nitrogen and oxygen atoms in total. The maximum atomic E-state index is 4.61. The van der Waals surface area contributed by atoms with E-state index in [1.165, 1.54) is 19.3 Å². The summed E-state index contributed by atoms with van der Waals surface area (Å²) in [6, 6.07) is 0.362. The van der Waals surface area contributed by atoms with Crippen molar-refractivity contribution < 1.29 is 0 Å². The van der Waals surface area contributed by atoms with Crippen LogP contribution in [-0.2, 0) is 0 Å². The quantitative estimate of drug-likeness (QED) is 0.805. The minimum Gasteiger partial charge on any atom is -0.354 e. The van der Waals surface area contributed by atoms with E-state index in [9.17, 15) is 0 Å². The zero-order chi connectivity index (χ0) is 15.1. The zero-order valence-corrected chi connectivity index (χ0v) is 13.5. The molecule has 2 rings (SSSR count). The van der Waals surface area contributed by atoms with Crippen molar-refractivity contribution in [1.29, 1.82) is 0 Å². The zero-order valence-electron chi connectivity index (χ0n) is 13.5. The van der Waals surface area contributed by atoms with Crippen LogP contribution in [0.2, 0.25) is 0 Å². The summed E-state index contributed by atoms with van der Waals surface area (Å²) in [7, 11) is 0. The topological polar surface area (TPSA) is 66.0 Å². The van der Waals surface area contributed by atoms with Crippen LogP contribution in [-0.4, -0.2) is 40.6 Å². The number of nitrogens with one attached hydrogen (secondary N) is 2. The normalized spacial score (nSPS) is 16.6. The van der Waals surface area contributed by atoms with Gasteiger partial charge in [-0.25, -0.2) is 0 Å². The second-order valence-corrected chi connectivity index (χ2v) is 5.71. The SMILES string of the molecule is CCCNc1nc(NC(C)CC)nc(N2CCCCC2)n1. The Balaban J connectivity index is 2.18. The molecule has 0 bridgehead atoms. The van der Waals surface area contributed by atoms with Gasteiger partial charge in [0.15, 0.2) is 0 Å². The number of hydrogen-bond donors (Lipinski definition) is 2. The summed E-state index contributed by atoms with van der Waals surface area (Å²) in [4.78, 5) is 15.9. The van der Waals surface area contributed by atoms with Crippen molar-refractivity contribution in [2.24, 2.45) is 0 Å². The van der Waals surface area contributed by atoms with Gasteiger partial charge in [0, 0.05) is 25.7 Å². The lowest BCUT2D eigenvalue weighted by Gasteiger charge is -2.27. The standard InChI is InChI=1S/C15H28N6/c1-4-9-16-13-18-14(17-12(3)5-2)20-15(19-13)21-10-7-6-8-11-21/h12H,4-11H2,1-3H3,(H2,16,17,18,19,20). The van der Waals surface area contributed by atoms with E-state index in [0.29, 0.717) is 17.9 Å². The van der Waals surface area contributed by atoms with E-state index in [2.05, 4.69) is 51.3 Å². The third-order valence-corrected chi connectivity index (χ3v) is 3.78. The molecule has 0 radical (unpaired) electrons. The van der Waals surface area contributed by atoms with Gasteiger partial charge in [0.1, 0.15) is 0 Å². The summed E-state index contributed by atoms with van der Waals surface area (Å²) >= 11 is 0. The molecule has 0 aromatic carbocycles. The molecule has 6 heteroatoms. The first-order valence-electron chi connectivity index (χ1n) is 8.24. The Morgan fingerprint density at radius 3 is 2.43 bits per heavy atom. The van der Waals surface area contributed by atoms with Crippen LogP contribution in [0.25, 0.3) is 0 Å². The Bertz CT molecular complexity index is 430. The van der Waals surface area contributed by atoms with Crippen molar-refractivity contribution in [3.8, 4) is 0 Å². The summed E-state index contributed by atoms with van der Waals surface area (Å²) in [5.41, 5.74) is 0. The third-order valence-electron chi connectivity index (χ3n) is 3.78. The van der Waals surface area contributed by atoms with E-state index in [-0.39, 0.29) is 0 Å². The van der Waals surface area contributed by atoms with Gasteiger partial charge in [-0.05, 0) is 39.0 Å². The Kier molecular flexibility index (Phi) is 6.02. The molecule has 1 atom stereocenters. The number of anilines is 3. The van der Waals surface area contributed by atoms with Gasteiger partial charge < -0.3 is 15.5 Å². The van der Waals surface area contributed by atoms with Crippen molar-refractivity contribution in [3.63, 3.8) is 0 Å². The van der Waals surface area contributed by atoms with Gasteiger partial charge in [-0.1, -0.05) is 13.8 Å². The van der Waals surface area contributed by atoms with Crippen LogP contribution < -0.4 is 15.5 Å². The lowest BCUT2D eigenvalue weighted by molar-refractivity contribution is 0.567. The van der Waals surface area contributed by atoms with Crippen LogP contribution in [0.4, 0.5) is 17.8 Å². The van der Waals surface area contributed by atoms with Crippen LogP contribution >= 0.6 is 0 Å². The summed E-state index contributed by atoms with van der Waals surface area (Å²) in [5, 5.41) is 6.64. The lowest BCUT2D eigenvalue weighted by Crippen LogP contribution is -2.32. The Labute approximate surface area is 127 Å². The van der Waals surface area contributed by atoms with Crippen molar-refractivity contribution in [1.82, 2.24) is 15.0 Å². The predicted octanol–water partition coefficient (Wildman–Crippen LogP) is 2.89. The second-order valence-electron chi connectivity index (χ2n) is 5.71. The van der Waals surface area contributed by atoms with Crippen LogP contribution in [0.15, 0.2) is 0 Å². The van der Waals surface area contributed by atoms with Gasteiger partial charge in [-0.3, -0.25) is 0 Å². The van der Waals surface area contributed by atoms with E-state index in [1.54, 1.807) is 0 Å². The molecule has 1 aromatic heterocycles. The molecule has 0 amide bonds. The van der Waals surface area contributed by atoms with Crippen molar-refractivity contribution in [3.05, 3.63) is 0 Å². The molecule has 2 N–H and O–H groups in total. The number of piperidine rings is 1. The first-order chi connectivity index (χ1) is 10.2. The smallest absolute Gasteiger partial charge is 0.231 e. The second kappa shape index (κ2) is 8.00. The number of nitrogens with zero attached hydrogens (tertiary/aromatic N) is 4. The molecule has 2 heterocycles. The van der Waals surface area contributed by atoms with Gasteiger partial charge in [-0.15, -0.1) is 0 Å². The molecule has 1 aromatic rings. The highest BCUT2D eigenvalue weighted by atomic mass is 15.3. The first-order valence-corrected chi connectivity index (χ1v) is 8.24. The highest BCUT2D eigenvalue weighted by Crippen LogP contribution is 2.19. The molecule has 21 heavy (non-hydrogen) atoms. The molecule has 0 spiro atoms. The van der Waals surface area contributed by atoms with E-state index >= 15 is 0 Å². The van der Waals surface area contributed by atoms with E-state index in [4.69, 9.17) is 0 Å². The van der Waals surface area contributed by atoms with Crippen LogP contribution in [0.5, 0.6) is 0 Å². The maximum absolute atomic E-state index is 4.61. The highest BCUT2D eigenvalue weighted by Gasteiger charge is 2.16. The molecule has 1 unspecified atom stereocenters. The molecule has 1 aliphatic rings. The molecule has 1 fully saturated rings. The fourth-order valence-corrected chi connectivity index (χ4v) is 2.30. The van der Waals surface area contributed by atoms with E-state index in [1.807, 2.05) is 0 Å². The molecular weight excluding hydrogens is 264 g/mol. The van der Waals surface area contributed by atoms with Crippen LogP contribution in [0.1, 0.15) is 52.9 Å². The first kappa shape index (κ1) is 15.8. The number of hydrogen-bond acceptors (Lipinski definition) is 6. The van der Waals surface area contributed by atoms with Gasteiger partial charge in [0.2, 0.25) is 17.8 Å². The predicted molar refractivity (Wildman–Crippen MR) is 88.0 cm³/mol. The van der Waals surface area contributed by atoms with Crippen LogP contribution in [0, 0.1) is 0 Å². The number of aromatic nitrogens is 3. The van der Waals surface area contributed by atoms with Crippen molar-refractivity contribution in [2.45, 2.75) is 58.9 Å².